The molecule has 0 saturated carbocycles. The number of carbonyl (C=O) groups excluding carboxylic acids is 1. The van der Waals surface area contributed by atoms with Crippen molar-refractivity contribution >= 4 is 17.5 Å². The van der Waals surface area contributed by atoms with Gasteiger partial charge in [0.15, 0.2) is 0 Å². The Kier molecular flexibility index (Phi) is 5.87. The predicted molar refractivity (Wildman–Crippen MR) is 100 cm³/mol. The number of esters is 1. The number of nitrogens with one attached hydrogen (secondary N) is 1. The van der Waals surface area contributed by atoms with Crippen molar-refractivity contribution in [2.24, 2.45) is 0 Å². The van der Waals surface area contributed by atoms with E-state index < -0.39 is 5.97 Å². The van der Waals surface area contributed by atoms with E-state index >= 15 is 0 Å². The fraction of sp³-hybridized carbons (Fsp3) is 0.350. The number of benzene rings is 1. The Labute approximate surface area is 157 Å². The first-order valence-electron chi connectivity index (χ1n) is 8.95. The first-order valence-corrected chi connectivity index (χ1v) is 8.95. The van der Waals surface area contributed by atoms with Crippen LogP contribution in [0, 0.1) is 17.1 Å². The summed E-state index contributed by atoms with van der Waals surface area (Å²) in [5.41, 5.74) is 1.23. The molecule has 6 nitrogen and oxygen atoms in total. The average molecular weight is 368 g/mol. The number of piperidine rings is 1. The van der Waals surface area contributed by atoms with E-state index in [2.05, 4.69) is 10.3 Å². The van der Waals surface area contributed by atoms with Crippen molar-refractivity contribution < 1.29 is 13.9 Å². The van der Waals surface area contributed by atoms with Crippen LogP contribution < -0.4 is 10.2 Å². The van der Waals surface area contributed by atoms with Crippen LogP contribution in [0.25, 0.3) is 0 Å². The molecule has 140 valence electrons. The van der Waals surface area contributed by atoms with Crippen molar-refractivity contribution in [2.45, 2.75) is 25.8 Å². The third-order valence-electron chi connectivity index (χ3n) is 4.47. The molecule has 2 aromatic rings. The number of carbonyl (C=O) groups is 1. The summed E-state index contributed by atoms with van der Waals surface area (Å²) in [6.45, 7) is 3.47. The first kappa shape index (κ1) is 18.6. The molecule has 1 aliphatic heterocycles. The maximum Gasteiger partial charge on any atom is 0.339 e. The molecule has 0 aliphatic carbocycles. The summed E-state index contributed by atoms with van der Waals surface area (Å²) in [5.74, 6) is -0.113. The van der Waals surface area contributed by atoms with Crippen LogP contribution in [0.3, 0.4) is 0 Å². The van der Waals surface area contributed by atoms with Gasteiger partial charge in [0, 0.05) is 25.3 Å². The lowest BCUT2D eigenvalue weighted by atomic mass is 10.0. The Balaban J connectivity index is 1.65. The summed E-state index contributed by atoms with van der Waals surface area (Å²) in [5, 5.41) is 12.2. The van der Waals surface area contributed by atoms with E-state index in [0.717, 1.165) is 19.4 Å². The molecule has 1 fully saturated rings. The number of hydrogen-bond donors (Lipinski definition) is 1. The van der Waals surface area contributed by atoms with Gasteiger partial charge in [0.25, 0.3) is 0 Å². The number of ether oxygens (including phenoxy) is 1. The number of nitriles is 1. The van der Waals surface area contributed by atoms with E-state index in [4.69, 9.17) is 10.00 Å². The monoisotopic (exact) mass is 368 g/mol. The van der Waals surface area contributed by atoms with Gasteiger partial charge in [-0.3, -0.25) is 0 Å². The van der Waals surface area contributed by atoms with E-state index in [1.807, 2.05) is 11.0 Å². The van der Waals surface area contributed by atoms with Gasteiger partial charge in [-0.2, -0.15) is 5.26 Å². The number of anilines is 2. The second-order valence-electron chi connectivity index (χ2n) is 6.36. The molecule has 0 bridgehead atoms. The maximum absolute atomic E-state index is 14.3. The quantitative estimate of drug-likeness (QED) is 0.816. The highest BCUT2D eigenvalue weighted by Gasteiger charge is 2.22. The molecule has 1 aromatic heterocycles. The maximum atomic E-state index is 14.3. The number of rotatable bonds is 5. The zero-order valence-electron chi connectivity index (χ0n) is 15.1. The Morgan fingerprint density at radius 3 is 2.96 bits per heavy atom. The molecule has 27 heavy (non-hydrogen) atoms. The van der Waals surface area contributed by atoms with Crippen LogP contribution in [-0.2, 0) is 4.74 Å². The molecule has 7 heteroatoms. The molecular weight excluding hydrogens is 347 g/mol. The van der Waals surface area contributed by atoms with Gasteiger partial charge in [0.2, 0.25) is 0 Å². The minimum Gasteiger partial charge on any atom is -0.462 e. The van der Waals surface area contributed by atoms with E-state index in [1.165, 1.54) is 12.3 Å². The van der Waals surface area contributed by atoms with Crippen molar-refractivity contribution in [3.63, 3.8) is 0 Å². The van der Waals surface area contributed by atoms with Gasteiger partial charge in [0.05, 0.1) is 29.5 Å². The smallest absolute Gasteiger partial charge is 0.339 e. The number of nitrogens with zero attached hydrogens (tertiary/aromatic N) is 3. The first-order chi connectivity index (χ1) is 13.1. The standard InChI is InChI=1S/C20H21FN4O2/c1-2-27-20(26)15-6-8-19(23-12-15)24-16-4-3-9-25(13-16)18-7-5-14(11-22)10-17(18)21/h5-8,10,12,16H,2-4,9,13H2,1H3,(H,23,24). The summed E-state index contributed by atoms with van der Waals surface area (Å²) in [6, 6.07) is 10.0. The fourth-order valence-electron chi connectivity index (χ4n) is 3.17. The molecule has 1 saturated heterocycles. The largest absolute Gasteiger partial charge is 0.462 e. The summed E-state index contributed by atoms with van der Waals surface area (Å²) in [4.78, 5) is 17.9. The minimum atomic E-state index is -0.392. The number of pyridine rings is 1. The molecule has 2 heterocycles. The lowest BCUT2D eigenvalue weighted by molar-refractivity contribution is 0.0526. The molecule has 1 aliphatic rings. The molecule has 1 N–H and O–H groups in total. The highest BCUT2D eigenvalue weighted by atomic mass is 19.1. The van der Waals surface area contributed by atoms with Crippen LogP contribution >= 0.6 is 0 Å². The average Bonchev–Trinajstić information content (AvgIpc) is 2.69. The zero-order valence-corrected chi connectivity index (χ0v) is 15.1. The van der Waals surface area contributed by atoms with E-state index in [0.29, 0.717) is 35.8 Å². The molecule has 0 amide bonds. The highest BCUT2D eigenvalue weighted by Crippen LogP contribution is 2.25. The van der Waals surface area contributed by atoms with Crippen molar-refractivity contribution in [1.82, 2.24) is 4.98 Å². The Morgan fingerprint density at radius 1 is 1.44 bits per heavy atom. The van der Waals surface area contributed by atoms with Gasteiger partial charge in [-0.1, -0.05) is 0 Å². The third-order valence-corrected chi connectivity index (χ3v) is 4.47. The van der Waals surface area contributed by atoms with Gasteiger partial charge in [-0.05, 0) is 50.1 Å². The van der Waals surface area contributed by atoms with Gasteiger partial charge < -0.3 is 15.0 Å². The lowest BCUT2D eigenvalue weighted by Gasteiger charge is -2.35. The predicted octanol–water partition coefficient (Wildman–Crippen LogP) is 3.35. The number of aromatic nitrogens is 1. The molecule has 1 atom stereocenters. The van der Waals surface area contributed by atoms with Gasteiger partial charge in [0.1, 0.15) is 11.6 Å². The SMILES string of the molecule is CCOC(=O)c1ccc(NC2CCCN(c3ccc(C#N)cc3F)C2)nc1. The summed E-state index contributed by atoms with van der Waals surface area (Å²) >= 11 is 0. The van der Waals surface area contributed by atoms with Crippen molar-refractivity contribution in [3.05, 3.63) is 53.5 Å². The lowest BCUT2D eigenvalue weighted by Crippen LogP contribution is -2.42. The normalized spacial score (nSPS) is 16.5. The number of hydrogen-bond acceptors (Lipinski definition) is 6. The third kappa shape index (κ3) is 4.53. The summed E-state index contributed by atoms with van der Waals surface area (Å²) in [6.07, 6.45) is 3.34. The van der Waals surface area contributed by atoms with Crippen LogP contribution in [0.5, 0.6) is 0 Å². The Morgan fingerprint density at radius 2 is 2.30 bits per heavy atom. The Bertz CT molecular complexity index is 848. The van der Waals surface area contributed by atoms with Gasteiger partial charge in [-0.25, -0.2) is 14.2 Å². The van der Waals surface area contributed by atoms with E-state index in [1.54, 1.807) is 31.2 Å². The molecule has 1 aromatic carbocycles. The number of halogens is 1. The second kappa shape index (κ2) is 8.49. The van der Waals surface area contributed by atoms with Crippen molar-refractivity contribution in [2.75, 3.05) is 29.9 Å². The van der Waals surface area contributed by atoms with Crippen LogP contribution in [-0.4, -0.2) is 36.7 Å². The summed E-state index contributed by atoms with van der Waals surface area (Å²) < 4.78 is 19.2. The molecule has 1 unspecified atom stereocenters. The van der Waals surface area contributed by atoms with Crippen molar-refractivity contribution in [1.29, 1.82) is 5.26 Å². The highest BCUT2D eigenvalue weighted by molar-refractivity contribution is 5.89. The minimum absolute atomic E-state index is 0.106. The zero-order chi connectivity index (χ0) is 19.2. The van der Waals surface area contributed by atoms with Crippen molar-refractivity contribution in [3.8, 4) is 6.07 Å². The van der Waals surface area contributed by atoms with E-state index in [9.17, 15) is 9.18 Å². The van der Waals surface area contributed by atoms with Crippen LogP contribution in [0.15, 0.2) is 36.5 Å². The molecule has 0 radical (unpaired) electrons. The fourth-order valence-corrected chi connectivity index (χ4v) is 3.17. The topological polar surface area (TPSA) is 78.2 Å². The van der Waals surface area contributed by atoms with Crippen LogP contribution in [0.2, 0.25) is 0 Å². The molecule has 0 spiro atoms. The van der Waals surface area contributed by atoms with E-state index in [-0.39, 0.29) is 11.9 Å². The Hall–Kier alpha value is -3.14. The van der Waals surface area contributed by atoms with Crippen LogP contribution in [0.4, 0.5) is 15.9 Å². The molecule has 3 rings (SSSR count). The summed E-state index contributed by atoms with van der Waals surface area (Å²) in [7, 11) is 0. The van der Waals surface area contributed by atoms with Crippen LogP contribution in [0.1, 0.15) is 35.7 Å². The molecular formula is C20H21FN4O2. The second-order valence-corrected chi connectivity index (χ2v) is 6.36. The van der Waals surface area contributed by atoms with Gasteiger partial charge >= 0.3 is 5.97 Å². The van der Waals surface area contributed by atoms with Gasteiger partial charge in [-0.15, -0.1) is 0 Å².